The fourth-order valence-corrected chi connectivity index (χ4v) is 6.58. The smallest absolute Gasteiger partial charge is 0.244 e. The van der Waals surface area contributed by atoms with Crippen molar-refractivity contribution in [2.45, 2.75) is 75.4 Å². The lowest BCUT2D eigenvalue weighted by Gasteiger charge is -2.36. The van der Waals surface area contributed by atoms with E-state index in [1.165, 1.54) is 42.3 Å². The highest BCUT2D eigenvalue weighted by atomic mass is 35.5. The van der Waals surface area contributed by atoms with Crippen LogP contribution in [-0.4, -0.2) is 54.8 Å². The molecule has 33 heavy (non-hydrogen) atoms. The number of anilines is 1. The molecule has 1 saturated heterocycles. The van der Waals surface area contributed by atoms with Crippen LogP contribution < -0.4 is 5.32 Å². The van der Waals surface area contributed by atoms with E-state index in [0.29, 0.717) is 16.9 Å². The van der Waals surface area contributed by atoms with E-state index in [4.69, 9.17) is 11.6 Å². The average Bonchev–Trinajstić information content (AvgIpc) is 3.35. The summed E-state index contributed by atoms with van der Waals surface area (Å²) in [5, 5.41) is 3.78. The van der Waals surface area contributed by atoms with E-state index < -0.39 is 10.0 Å². The minimum Gasteiger partial charge on any atom is -0.366 e. The van der Waals surface area contributed by atoms with Crippen molar-refractivity contribution in [3.63, 3.8) is 0 Å². The summed E-state index contributed by atoms with van der Waals surface area (Å²) in [5.74, 6) is 0.559. The molecule has 2 fully saturated rings. The highest BCUT2D eigenvalue weighted by Crippen LogP contribution is 2.31. The second-order valence-electron chi connectivity index (χ2n) is 9.50. The van der Waals surface area contributed by atoms with Gasteiger partial charge in [0.2, 0.25) is 10.0 Å². The normalized spacial score (nSPS) is 19.8. The maximum Gasteiger partial charge on any atom is 0.244 e. The number of hydrogen-bond acceptors (Lipinski definition) is 5. The van der Waals surface area contributed by atoms with Gasteiger partial charge in [-0.05, 0) is 51.2 Å². The summed E-state index contributed by atoms with van der Waals surface area (Å²) in [5.41, 5.74) is 2.08. The predicted molar refractivity (Wildman–Crippen MR) is 134 cm³/mol. The average molecular weight is 491 g/mol. The first-order chi connectivity index (χ1) is 15.8. The summed E-state index contributed by atoms with van der Waals surface area (Å²) in [6.45, 7) is 6.07. The number of halogens is 1. The molecule has 1 unspecified atom stereocenters. The van der Waals surface area contributed by atoms with Crippen LogP contribution in [0.4, 0.5) is 5.82 Å². The monoisotopic (exact) mass is 490 g/mol. The minimum absolute atomic E-state index is 0.107. The third kappa shape index (κ3) is 5.53. The Bertz CT molecular complexity index is 1050. The van der Waals surface area contributed by atoms with Crippen molar-refractivity contribution in [2.75, 3.05) is 25.5 Å². The van der Waals surface area contributed by atoms with Gasteiger partial charge in [0.1, 0.15) is 10.7 Å². The second-order valence-corrected chi connectivity index (χ2v) is 11.9. The summed E-state index contributed by atoms with van der Waals surface area (Å²) in [7, 11) is -2.14. The van der Waals surface area contributed by atoms with Crippen molar-refractivity contribution in [3.05, 3.63) is 52.7 Å². The molecular formula is C25H35ClN4O2S. The van der Waals surface area contributed by atoms with Gasteiger partial charge in [0.25, 0.3) is 0 Å². The quantitative estimate of drug-likeness (QED) is 0.574. The molecule has 2 aromatic rings. The molecule has 6 nitrogen and oxygen atoms in total. The molecule has 0 bridgehead atoms. The number of rotatable bonds is 7. The Morgan fingerprint density at radius 1 is 1.12 bits per heavy atom. The molecule has 1 aliphatic heterocycles. The predicted octanol–water partition coefficient (Wildman–Crippen LogP) is 5.24. The third-order valence-corrected chi connectivity index (χ3v) is 9.49. The van der Waals surface area contributed by atoms with Gasteiger partial charge in [-0.2, -0.15) is 4.31 Å². The van der Waals surface area contributed by atoms with E-state index in [-0.39, 0.29) is 10.9 Å². The highest BCUT2D eigenvalue weighted by Gasteiger charge is 2.29. The Kier molecular flexibility index (Phi) is 7.63. The molecule has 2 aliphatic rings. The van der Waals surface area contributed by atoms with Gasteiger partial charge in [0.15, 0.2) is 0 Å². The van der Waals surface area contributed by atoms with Crippen molar-refractivity contribution < 1.29 is 8.42 Å². The Morgan fingerprint density at radius 3 is 2.36 bits per heavy atom. The van der Waals surface area contributed by atoms with Gasteiger partial charge in [-0.1, -0.05) is 54.3 Å². The molecule has 1 atom stereocenters. The van der Waals surface area contributed by atoms with E-state index in [9.17, 15) is 8.42 Å². The first-order valence-electron chi connectivity index (χ1n) is 12.0. The van der Waals surface area contributed by atoms with Gasteiger partial charge in [-0.3, -0.25) is 0 Å². The van der Waals surface area contributed by atoms with Gasteiger partial charge in [0.05, 0.1) is 5.02 Å². The number of aryl methyl sites for hydroxylation is 1. The number of piperidine rings is 1. The van der Waals surface area contributed by atoms with Gasteiger partial charge in [0, 0.05) is 44.5 Å². The fraction of sp³-hybridized carbons (Fsp3) is 0.560. The molecular weight excluding hydrogens is 456 g/mol. The zero-order chi connectivity index (χ0) is 23.6. The van der Waals surface area contributed by atoms with Crippen molar-refractivity contribution in [3.8, 4) is 0 Å². The third-order valence-electron chi connectivity index (χ3n) is 7.31. The van der Waals surface area contributed by atoms with E-state index in [1.54, 1.807) is 7.05 Å². The maximum absolute atomic E-state index is 13.2. The SMILES string of the molecule is Cc1ccc(C(C)N(C)S(=O)(=O)c2cnc(NC3CCN(C4CCCC4)CC3)c(Cl)c2)cc1. The Labute approximate surface area is 203 Å². The summed E-state index contributed by atoms with van der Waals surface area (Å²) in [6, 6.07) is 10.2. The number of pyridine rings is 1. The number of sulfonamides is 1. The van der Waals surface area contributed by atoms with Crippen LogP contribution in [0.25, 0.3) is 0 Å². The molecule has 0 amide bonds. The topological polar surface area (TPSA) is 65.5 Å². The molecule has 8 heteroatoms. The van der Waals surface area contributed by atoms with Crippen LogP contribution in [0, 0.1) is 6.92 Å². The first-order valence-corrected chi connectivity index (χ1v) is 13.8. The number of benzene rings is 1. The largest absolute Gasteiger partial charge is 0.366 e. The van der Waals surface area contributed by atoms with Crippen LogP contribution in [0.2, 0.25) is 5.02 Å². The van der Waals surface area contributed by atoms with E-state index in [0.717, 1.165) is 43.1 Å². The summed E-state index contributed by atoms with van der Waals surface area (Å²) in [4.78, 5) is 7.13. The van der Waals surface area contributed by atoms with Crippen molar-refractivity contribution >= 4 is 27.4 Å². The van der Waals surface area contributed by atoms with Crippen molar-refractivity contribution in [2.24, 2.45) is 0 Å². The van der Waals surface area contributed by atoms with Crippen LogP contribution in [0.1, 0.15) is 62.6 Å². The summed E-state index contributed by atoms with van der Waals surface area (Å²) < 4.78 is 27.8. The molecule has 1 aromatic carbocycles. The zero-order valence-corrected chi connectivity index (χ0v) is 21.4. The molecule has 0 spiro atoms. The molecule has 1 saturated carbocycles. The van der Waals surface area contributed by atoms with Gasteiger partial charge in [-0.25, -0.2) is 13.4 Å². The van der Waals surface area contributed by atoms with Crippen molar-refractivity contribution in [1.29, 1.82) is 0 Å². The van der Waals surface area contributed by atoms with E-state index in [2.05, 4.69) is 15.2 Å². The number of nitrogens with zero attached hydrogens (tertiary/aromatic N) is 3. The molecule has 4 rings (SSSR count). The molecule has 0 radical (unpaired) electrons. The Balaban J connectivity index is 1.40. The van der Waals surface area contributed by atoms with Crippen LogP contribution in [0.5, 0.6) is 0 Å². The lowest BCUT2D eigenvalue weighted by atomic mass is 10.0. The number of nitrogens with one attached hydrogen (secondary N) is 1. The van der Waals surface area contributed by atoms with Crippen LogP contribution >= 0.6 is 11.6 Å². The second kappa shape index (κ2) is 10.3. The lowest BCUT2D eigenvalue weighted by Crippen LogP contribution is -2.43. The molecule has 1 aliphatic carbocycles. The maximum atomic E-state index is 13.2. The first kappa shape index (κ1) is 24.5. The van der Waals surface area contributed by atoms with Crippen LogP contribution in [0.15, 0.2) is 41.4 Å². The van der Waals surface area contributed by atoms with Crippen LogP contribution in [-0.2, 0) is 10.0 Å². The highest BCUT2D eigenvalue weighted by molar-refractivity contribution is 7.89. The number of likely N-dealkylation sites (tertiary alicyclic amines) is 1. The Morgan fingerprint density at radius 2 is 1.76 bits per heavy atom. The number of aromatic nitrogens is 1. The fourth-order valence-electron chi connectivity index (χ4n) is 4.97. The van der Waals surface area contributed by atoms with Crippen LogP contribution in [0.3, 0.4) is 0 Å². The van der Waals surface area contributed by atoms with Gasteiger partial charge < -0.3 is 10.2 Å². The van der Waals surface area contributed by atoms with Crippen molar-refractivity contribution in [1.82, 2.24) is 14.2 Å². The zero-order valence-electron chi connectivity index (χ0n) is 19.8. The molecule has 1 N–H and O–H groups in total. The Hall–Kier alpha value is -1.67. The summed E-state index contributed by atoms with van der Waals surface area (Å²) in [6.07, 6.45) is 8.89. The minimum atomic E-state index is -3.73. The number of hydrogen-bond donors (Lipinski definition) is 1. The summed E-state index contributed by atoms with van der Waals surface area (Å²) >= 11 is 6.49. The van der Waals surface area contributed by atoms with Gasteiger partial charge in [-0.15, -0.1) is 0 Å². The molecule has 180 valence electrons. The van der Waals surface area contributed by atoms with E-state index >= 15 is 0 Å². The standard InChI is InChI=1S/C25H35ClN4O2S/c1-18-8-10-20(11-9-18)19(2)29(3)33(31,32)23-16-24(26)25(27-17-23)28-21-12-14-30(15-13-21)22-6-4-5-7-22/h8-11,16-17,19,21-22H,4-7,12-15H2,1-3H3,(H,27,28). The van der Waals surface area contributed by atoms with Gasteiger partial charge >= 0.3 is 0 Å². The van der Waals surface area contributed by atoms with E-state index in [1.807, 2.05) is 38.1 Å². The molecule has 2 heterocycles. The lowest BCUT2D eigenvalue weighted by molar-refractivity contribution is 0.159. The molecule has 1 aromatic heterocycles.